The van der Waals surface area contributed by atoms with Crippen molar-refractivity contribution in [3.8, 4) is 0 Å². The monoisotopic (exact) mass is 345 g/mol. The van der Waals surface area contributed by atoms with Gasteiger partial charge in [-0.2, -0.15) is 0 Å². The molecule has 0 atom stereocenters. The summed E-state index contributed by atoms with van der Waals surface area (Å²) >= 11 is 0. The fourth-order valence-corrected chi connectivity index (χ4v) is 3.88. The fourth-order valence-electron chi connectivity index (χ4n) is 3.88. The number of rotatable bonds is 11. The van der Waals surface area contributed by atoms with Gasteiger partial charge in [0, 0.05) is 0 Å². The lowest BCUT2D eigenvalue weighted by Crippen LogP contribution is -1.87. The summed E-state index contributed by atoms with van der Waals surface area (Å²) in [5, 5.41) is 5.41. The van der Waals surface area contributed by atoms with E-state index in [2.05, 4.69) is 67.9 Å². The Bertz CT molecular complexity index is 799. The fraction of sp³-hybridized carbons (Fsp3) is 0.423. The molecule has 137 valence electrons. The molecule has 3 rings (SSSR count). The van der Waals surface area contributed by atoms with Crippen molar-refractivity contribution < 1.29 is 0 Å². The largest absolute Gasteiger partial charge is 0.0654 e. The Hall–Kier alpha value is -1.82. The summed E-state index contributed by atoms with van der Waals surface area (Å²) in [6.07, 6.45) is 16.2. The van der Waals surface area contributed by atoms with Crippen LogP contribution in [0.25, 0.3) is 21.5 Å². The van der Waals surface area contributed by atoms with E-state index in [4.69, 9.17) is 0 Å². The van der Waals surface area contributed by atoms with E-state index >= 15 is 0 Å². The van der Waals surface area contributed by atoms with E-state index in [1.54, 1.807) is 0 Å². The van der Waals surface area contributed by atoms with Crippen molar-refractivity contribution >= 4 is 21.5 Å². The summed E-state index contributed by atoms with van der Waals surface area (Å²) in [5.74, 6) is 0. The Kier molecular flexibility index (Phi) is 7.55. The molecular weight excluding hydrogens is 312 g/mol. The van der Waals surface area contributed by atoms with Crippen LogP contribution in [-0.2, 0) is 0 Å². The van der Waals surface area contributed by atoms with Gasteiger partial charge in [0.1, 0.15) is 0 Å². The second kappa shape index (κ2) is 10.4. The molecule has 0 bridgehead atoms. The molecule has 3 aromatic carbocycles. The van der Waals surface area contributed by atoms with E-state index in [1.165, 1.54) is 91.3 Å². The summed E-state index contributed by atoms with van der Waals surface area (Å²) < 4.78 is 0. The van der Waals surface area contributed by atoms with E-state index in [1.807, 2.05) is 0 Å². The molecule has 0 aliphatic heterocycles. The molecule has 0 heteroatoms. The molecule has 0 nitrogen and oxygen atoms in total. The van der Waals surface area contributed by atoms with Crippen LogP contribution in [0.5, 0.6) is 0 Å². The van der Waals surface area contributed by atoms with Gasteiger partial charge < -0.3 is 0 Å². The van der Waals surface area contributed by atoms with Crippen LogP contribution in [0.2, 0.25) is 0 Å². The van der Waals surface area contributed by atoms with Crippen LogP contribution < -0.4 is 0 Å². The first-order valence-corrected chi connectivity index (χ1v) is 10.6. The first-order valence-electron chi connectivity index (χ1n) is 10.6. The average Bonchev–Trinajstić information content (AvgIpc) is 2.68. The van der Waals surface area contributed by atoms with Gasteiger partial charge >= 0.3 is 0 Å². The minimum Gasteiger partial charge on any atom is -0.0654 e. The summed E-state index contributed by atoms with van der Waals surface area (Å²) in [7, 11) is 0. The van der Waals surface area contributed by atoms with Crippen LogP contribution in [0, 0.1) is 6.42 Å². The van der Waals surface area contributed by atoms with Crippen molar-refractivity contribution in [3.63, 3.8) is 0 Å². The van der Waals surface area contributed by atoms with Crippen LogP contribution in [0.1, 0.15) is 76.7 Å². The standard InChI is InChI=1S/C26H33/c1-2-3-4-5-6-7-8-9-10-11-15-22-18-14-19-25-20-23-16-12-13-17-24(23)21-26(22)25/h12-21H,2-11H2,1H3. The molecular formula is C26H33. The van der Waals surface area contributed by atoms with E-state index in [0.717, 1.165) is 0 Å². The van der Waals surface area contributed by atoms with Crippen LogP contribution in [-0.4, -0.2) is 0 Å². The maximum Gasteiger partial charge on any atom is -0.00867 e. The minimum atomic E-state index is 1.20. The van der Waals surface area contributed by atoms with Gasteiger partial charge in [0.15, 0.2) is 0 Å². The number of unbranched alkanes of at least 4 members (excludes halogenated alkanes) is 9. The summed E-state index contributed by atoms with van der Waals surface area (Å²) in [5.41, 5.74) is 1.40. The highest BCUT2D eigenvalue weighted by Gasteiger charge is 2.03. The summed E-state index contributed by atoms with van der Waals surface area (Å²) in [6.45, 7) is 2.29. The van der Waals surface area contributed by atoms with Crippen molar-refractivity contribution in [2.45, 2.75) is 71.1 Å². The number of hydrogen-bond acceptors (Lipinski definition) is 0. The first kappa shape index (κ1) is 19.0. The predicted octanol–water partition coefficient (Wildman–Crippen LogP) is 8.47. The third-order valence-electron chi connectivity index (χ3n) is 5.45. The molecule has 0 N–H and O–H groups in total. The van der Waals surface area contributed by atoms with Gasteiger partial charge in [-0.05, 0) is 52.1 Å². The molecule has 26 heavy (non-hydrogen) atoms. The normalized spacial score (nSPS) is 11.4. The maximum atomic E-state index is 2.44. The third kappa shape index (κ3) is 5.34. The predicted molar refractivity (Wildman–Crippen MR) is 117 cm³/mol. The van der Waals surface area contributed by atoms with E-state index in [9.17, 15) is 0 Å². The van der Waals surface area contributed by atoms with Gasteiger partial charge in [-0.15, -0.1) is 0 Å². The van der Waals surface area contributed by atoms with Crippen molar-refractivity contribution in [1.82, 2.24) is 0 Å². The lowest BCUT2D eigenvalue weighted by Gasteiger charge is -2.08. The smallest absolute Gasteiger partial charge is 0.00867 e. The molecule has 0 aliphatic rings. The highest BCUT2D eigenvalue weighted by Crippen LogP contribution is 2.27. The molecule has 0 spiro atoms. The van der Waals surface area contributed by atoms with Crippen molar-refractivity contribution in [2.75, 3.05) is 0 Å². The third-order valence-corrected chi connectivity index (χ3v) is 5.45. The summed E-state index contributed by atoms with van der Waals surface area (Å²) in [4.78, 5) is 0. The van der Waals surface area contributed by atoms with Crippen molar-refractivity contribution in [1.29, 1.82) is 0 Å². The topological polar surface area (TPSA) is 0 Å². The van der Waals surface area contributed by atoms with E-state index in [0.29, 0.717) is 0 Å². The molecule has 3 aromatic rings. The van der Waals surface area contributed by atoms with E-state index in [-0.39, 0.29) is 0 Å². The number of benzene rings is 3. The highest BCUT2D eigenvalue weighted by atomic mass is 14.1. The highest BCUT2D eigenvalue weighted by molar-refractivity contribution is 6.00. The Labute approximate surface area is 159 Å². The van der Waals surface area contributed by atoms with E-state index < -0.39 is 0 Å². The van der Waals surface area contributed by atoms with Crippen LogP contribution in [0.4, 0.5) is 0 Å². The Morgan fingerprint density at radius 1 is 0.615 bits per heavy atom. The molecule has 0 saturated heterocycles. The van der Waals surface area contributed by atoms with Crippen molar-refractivity contribution in [2.24, 2.45) is 0 Å². The molecule has 0 saturated carbocycles. The van der Waals surface area contributed by atoms with Gasteiger partial charge in [-0.1, -0.05) is 107 Å². The van der Waals surface area contributed by atoms with Crippen LogP contribution >= 0.6 is 0 Å². The minimum absolute atomic E-state index is 1.20. The quantitative estimate of drug-likeness (QED) is 0.241. The van der Waals surface area contributed by atoms with Crippen LogP contribution in [0.15, 0.2) is 54.6 Å². The molecule has 0 heterocycles. The van der Waals surface area contributed by atoms with Gasteiger partial charge in [0.2, 0.25) is 0 Å². The van der Waals surface area contributed by atoms with Gasteiger partial charge in [-0.25, -0.2) is 0 Å². The number of hydrogen-bond donors (Lipinski definition) is 0. The molecule has 0 aliphatic carbocycles. The second-order valence-corrected chi connectivity index (χ2v) is 7.59. The Morgan fingerprint density at radius 3 is 1.96 bits per heavy atom. The lowest BCUT2D eigenvalue weighted by molar-refractivity contribution is 0.564. The second-order valence-electron chi connectivity index (χ2n) is 7.59. The first-order chi connectivity index (χ1) is 12.9. The van der Waals surface area contributed by atoms with Crippen molar-refractivity contribution in [3.05, 3.63) is 66.6 Å². The zero-order valence-electron chi connectivity index (χ0n) is 16.3. The SMILES string of the molecule is CCCCCCCCCCC[CH]c1cccc2cc3ccccc3cc12. The summed E-state index contributed by atoms with van der Waals surface area (Å²) in [6, 6.07) is 20.0. The molecule has 0 aromatic heterocycles. The van der Waals surface area contributed by atoms with Gasteiger partial charge in [-0.3, -0.25) is 0 Å². The Balaban J connectivity index is 1.46. The maximum absolute atomic E-state index is 2.44. The van der Waals surface area contributed by atoms with Gasteiger partial charge in [0.05, 0.1) is 0 Å². The lowest BCUT2D eigenvalue weighted by atomic mass is 9.96. The average molecular weight is 346 g/mol. The zero-order valence-corrected chi connectivity index (χ0v) is 16.3. The zero-order chi connectivity index (χ0) is 18.0. The molecule has 0 fully saturated rings. The van der Waals surface area contributed by atoms with Crippen LogP contribution in [0.3, 0.4) is 0 Å². The molecule has 0 amide bonds. The van der Waals surface area contributed by atoms with Gasteiger partial charge in [0.25, 0.3) is 0 Å². The molecule has 0 unspecified atom stereocenters. The Morgan fingerprint density at radius 2 is 1.23 bits per heavy atom. The number of fused-ring (bicyclic) bond motifs is 2. The molecule has 1 radical (unpaired) electrons.